The molecule has 2 amide bonds. The van der Waals surface area contributed by atoms with E-state index in [0.717, 1.165) is 37.1 Å². The van der Waals surface area contributed by atoms with Crippen LogP contribution in [0.15, 0.2) is 84.9 Å². The normalized spacial score (nSPS) is 13.4. The summed E-state index contributed by atoms with van der Waals surface area (Å²) in [7, 11) is 0. The Kier molecular flexibility index (Phi) is 7.30. The molecule has 1 aliphatic heterocycles. The molecule has 1 aliphatic rings. The van der Waals surface area contributed by atoms with Gasteiger partial charge in [0.2, 0.25) is 5.91 Å². The van der Waals surface area contributed by atoms with Gasteiger partial charge in [-0.1, -0.05) is 54.6 Å². The Morgan fingerprint density at radius 2 is 1.61 bits per heavy atom. The van der Waals surface area contributed by atoms with Gasteiger partial charge in [-0.2, -0.15) is 0 Å². The molecule has 1 fully saturated rings. The molecule has 168 valence electrons. The summed E-state index contributed by atoms with van der Waals surface area (Å²) in [5.74, 6) is -0.404. The Morgan fingerprint density at radius 3 is 2.30 bits per heavy atom. The first-order valence-electron chi connectivity index (χ1n) is 11.2. The van der Waals surface area contributed by atoms with Crippen LogP contribution >= 0.6 is 0 Å². The van der Waals surface area contributed by atoms with Crippen LogP contribution in [0, 0.1) is 5.82 Å². The SMILES string of the molecule is O=C(Cc1ccc(N(Cc2cccc(F)c2)C(=O)/C=C/c2ccccc2)cc1)N1CCCC1. The topological polar surface area (TPSA) is 40.6 Å². The van der Waals surface area contributed by atoms with Gasteiger partial charge in [0, 0.05) is 24.9 Å². The number of rotatable bonds is 7. The van der Waals surface area contributed by atoms with Crippen molar-refractivity contribution in [1.82, 2.24) is 4.90 Å². The number of amides is 2. The molecule has 4 nitrogen and oxygen atoms in total. The molecule has 0 aliphatic carbocycles. The first-order chi connectivity index (χ1) is 16.1. The highest BCUT2D eigenvalue weighted by molar-refractivity contribution is 6.03. The highest BCUT2D eigenvalue weighted by Gasteiger charge is 2.19. The van der Waals surface area contributed by atoms with Gasteiger partial charge in [-0.15, -0.1) is 0 Å². The number of anilines is 1. The van der Waals surface area contributed by atoms with Crippen molar-refractivity contribution < 1.29 is 14.0 Å². The summed E-state index contributed by atoms with van der Waals surface area (Å²) in [6.07, 6.45) is 5.78. The van der Waals surface area contributed by atoms with Crippen LogP contribution in [-0.4, -0.2) is 29.8 Å². The van der Waals surface area contributed by atoms with Gasteiger partial charge in [0.25, 0.3) is 5.91 Å². The molecule has 0 bridgehead atoms. The number of likely N-dealkylation sites (tertiary alicyclic amines) is 1. The van der Waals surface area contributed by atoms with E-state index in [1.54, 1.807) is 23.1 Å². The molecule has 0 N–H and O–H groups in total. The van der Waals surface area contributed by atoms with E-state index in [9.17, 15) is 14.0 Å². The molecule has 0 unspecified atom stereocenters. The van der Waals surface area contributed by atoms with E-state index in [2.05, 4.69) is 0 Å². The van der Waals surface area contributed by atoms with E-state index in [4.69, 9.17) is 0 Å². The van der Waals surface area contributed by atoms with Gasteiger partial charge in [0.1, 0.15) is 5.82 Å². The molecule has 33 heavy (non-hydrogen) atoms. The maximum atomic E-state index is 13.7. The predicted octanol–water partition coefficient (Wildman–Crippen LogP) is 5.24. The minimum absolute atomic E-state index is 0.138. The molecule has 4 rings (SSSR count). The minimum Gasteiger partial charge on any atom is -0.342 e. The van der Waals surface area contributed by atoms with Crippen molar-refractivity contribution in [2.45, 2.75) is 25.8 Å². The molecule has 1 heterocycles. The molecule has 1 saturated heterocycles. The molecule has 5 heteroatoms. The standard InChI is InChI=1S/C28H27FN2O2/c29-25-10-6-9-24(19-25)21-31(27(32)16-13-22-7-2-1-3-8-22)26-14-11-23(12-15-26)20-28(33)30-17-4-5-18-30/h1-3,6-16,19H,4-5,17-18,20-21H2/b16-13+. The van der Waals surface area contributed by atoms with Crippen LogP contribution in [0.4, 0.5) is 10.1 Å². The maximum absolute atomic E-state index is 13.7. The van der Waals surface area contributed by atoms with Crippen molar-refractivity contribution in [3.8, 4) is 0 Å². The average Bonchev–Trinajstić information content (AvgIpc) is 3.38. The van der Waals surface area contributed by atoms with E-state index in [1.165, 1.54) is 18.2 Å². The number of nitrogens with zero attached hydrogens (tertiary/aromatic N) is 2. The van der Waals surface area contributed by atoms with Crippen molar-refractivity contribution in [2.75, 3.05) is 18.0 Å². The van der Waals surface area contributed by atoms with Gasteiger partial charge in [0.05, 0.1) is 13.0 Å². The fraction of sp³-hybridized carbons (Fsp3) is 0.214. The lowest BCUT2D eigenvalue weighted by Crippen LogP contribution is -2.29. The Hall–Kier alpha value is -3.73. The summed E-state index contributed by atoms with van der Waals surface area (Å²) in [6.45, 7) is 1.91. The maximum Gasteiger partial charge on any atom is 0.251 e. The second-order valence-electron chi connectivity index (χ2n) is 8.23. The van der Waals surface area contributed by atoms with E-state index >= 15 is 0 Å². The van der Waals surface area contributed by atoms with Crippen molar-refractivity contribution >= 4 is 23.6 Å². The third-order valence-corrected chi connectivity index (χ3v) is 5.78. The molecular formula is C28H27FN2O2. The smallest absolute Gasteiger partial charge is 0.251 e. The van der Waals surface area contributed by atoms with Gasteiger partial charge in [-0.3, -0.25) is 9.59 Å². The third-order valence-electron chi connectivity index (χ3n) is 5.78. The van der Waals surface area contributed by atoms with Gasteiger partial charge in [0.15, 0.2) is 0 Å². The van der Waals surface area contributed by atoms with Crippen molar-refractivity contribution in [3.05, 3.63) is 107 Å². The lowest BCUT2D eigenvalue weighted by Gasteiger charge is -2.22. The zero-order chi connectivity index (χ0) is 23.0. The van der Waals surface area contributed by atoms with Crippen LogP contribution in [0.25, 0.3) is 6.08 Å². The summed E-state index contributed by atoms with van der Waals surface area (Å²) in [4.78, 5) is 29.1. The quantitative estimate of drug-likeness (QED) is 0.470. The van der Waals surface area contributed by atoms with Crippen LogP contribution in [0.5, 0.6) is 0 Å². The van der Waals surface area contributed by atoms with Crippen LogP contribution in [-0.2, 0) is 22.6 Å². The van der Waals surface area contributed by atoms with Gasteiger partial charge >= 0.3 is 0 Å². The van der Waals surface area contributed by atoms with E-state index in [0.29, 0.717) is 17.7 Å². The molecular weight excluding hydrogens is 415 g/mol. The number of hydrogen-bond acceptors (Lipinski definition) is 2. The first-order valence-corrected chi connectivity index (χ1v) is 11.2. The number of benzene rings is 3. The summed E-state index contributed by atoms with van der Waals surface area (Å²) in [5, 5.41) is 0. The van der Waals surface area contributed by atoms with Crippen molar-refractivity contribution in [3.63, 3.8) is 0 Å². The number of halogens is 1. The Balaban J connectivity index is 1.53. The zero-order valence-corrected chi connectivity index (χ0v) is 18.5. The van der Waals surface area contributed by atoms with Gasteiger partial charge in [-0.05, 0) is 59.9 Å². The molecule has 3 aromatic rings. The highest BCUT2D eigenvalue weighted by atomic mass is 19.1. The van der Waals surface area contributed by atoms with Crippen molar-refractivity contribution in [2.24, 2.45) is 0 Å². The molecule has 0 aromatic heterocycles. The third kappa shape index (κ3) is 6.16. The summed E-state index contributed by atoms with van der Waals surface area (Å²) in [6, 6.07) is 23.3. The second kappa shape index (κ2) is 10.7. The number of carbonyl (C=O) groups is 2. The van der Waals surface area contributed by atoms with Gasteiger partial charge < -0.3 is 9.80 Å². The summed E-state index contributed by atoms with van der Waals surface area (Å²) < 4.78 is 13.7. The van der Waals surface area contributed by atoms with Crippen LogP contribution in [0.2, 0.25) is 0 Å². The molecule has 3 aromatic carbocycles. The fourth-order valence-electron chi connectivity index (χ4n) is 3.98. The number of carbonyl (C=O) groups excluding carboxylic acids is 2. The molecule has 0 saturated carbocycles. The Labute approximate surface area is 194 Å². The summed E-state index contributed by atoms with van der Waals surface area (Å²) in [5.41, 5.74) is 3.23. The lowest BCUT2D eigenvalue weighted by molar-refractivity contribution is -0.129. The van der Waals surface area contributed by atoms with Crippen LogP contribution in [0.1, 0.15) is 29.5 Å². The Morgan fingerprint density at radius 1 is 0.879 bits per heavy atom. The monoisotopic (exact) mass is 442 g/mol. The predicted molar refractivity (Wildman–Crippen MR) is 129 cm³/mol. The van der Waals surface area contributed by atoms with Crippen LogP contribution < -0.4 is 4.90 Å². The largest absolute Gasteiger partial charge is 0.342 e. The van der Waals surface area contributed by atoms with E-state index in [1.807, 2.05) is 59.5 Å². The number of hydrogen-bond donors (Lipinski definition) is 0. The lowest BCUT2D eigenvalue weighted by atomic mass is 10.1. The van der Waals surface area contributed by atoms with E-state index < -0.39 is 0 Å². The molecule has 0 spiro atoms. The zero-order valence-electron chi connectivity index (χ0n) is 18.5. The molecule has 0 atom stereocenters. The average molecular weight is 443 g/mol. The fourth-order valence-corrected chi connectivity index (χ4v) is 3.98. The minimum atomic E-state index is -0.338. The van der Waals surface area contributed by atoms with Gasteiger partial charge in [-0.25, -0.2) is 4.39 Å². The highest BCUT2D eigenvalue weighted by Crippen LogP contribution is 2.21. The first kappa shape index (κ1) is 22.5. The van der Waals surface area contributed by atoms with Crippen LogP contribution in [0.3, 0.4) is 0 Å². The van der Waals surface area contributed by atoms with E-state index in [-0.39, 0.29) is 24.2 Å². The van der Waals surface area contributed by atoms with Crippen molar-refractivity contribution in [1.29, 1.82) is 0 Å². The second-order valence-corrected chi connectivity index (χ2v) is 8.23. The summed E-state index contributed by atoms with van der Waals surface area (Å²) >= 11 is 0. The molecule has 0 radical (unpaired) electrons. The Bertz CT molecular complexity index is 1120.